The molecule has 0 unspecified atom stereocenters. The first-order chi connectivity index (χ1) is 9.02. The van der Waals surface area contributed by atoms with Gasteiger partial charge in [0.05, 0.1) is 13.5 Å². The van der Waals surface area contributed by atoms with E-state index in [0.717, 1.165) is 7.11 Å². The highest BCUT2D eigenvalue weighted by molar-refractivity contribution is 5.86. The van der Waals surface area contributed by atoms with Gasteiger partial charge in [-0.25, -0.2) is 9.59 Å². The van der Waals surface area contributed by atoms with Crippen LogP contribution in [0.1, 0.15) is 19.3 Å². The van der Waals surface area contributed by atoms with Gasteiger partial charge in [0, 0.05) is 19.3 Å². The Kier molecular flexibility index (Phi) is 6.07. The number of carbonyl (C=O) groups is 3. The zero-order valence-electron chi connectivity index (χ0n) is 10.7. The molecular weight excluding hydrogens is 256 g/mol. The highest BCUT2D eigenvalue weighted by Gasteiger charge is 2.25. The number of carboxylic acids is 1. The number of methoxy groups -OCH3 is 1. The molecular formula is C11H18N2O6. The van der Waals surface area contributed by atoms with Gasteiger partial charge in [0.25, 0.3) is 0 Å². The molecule has 8 heteroatoms. The van der Waals surface area contributed by atoms with Gasteiger partial charge in [-0.15, -0.1) is 0 Å². The summed E-state index contributed by atoms with van der Waals surface area (Å²) in [7, 11) is 1.16. The first-order valence-electron chi connectivity index (χ1n) is 5.97. The largest absolute Gasteiger partial charge is 0.480 e. The number of rotatable bonds is 5. The van der Waals surface area contributed by atoms with Crippen LogP contribution in [0.5, 0.6) is 0 Å². The van der Waals surface area contributed by atoms with Crippen LogP contribution in [-0.2, 0) is 19.1 Å². The summed E-state index contributed by atoms with van der Waals surface area (Å²) in [6.45, 7) is 1.13. The SMILES string of the molecule is COC(=O)C[C@H](NC(=O)NC1CCOCC1)C(=O)O. The molecule has 1 aliphatic heterocycles. The number of carboxylic acid groups (broad SMARTS) is 1. The Bertz CT molecular complexity index is 340. The van der Waals surface area contributed by atoms with E-state index < -0.39 is 30.4 Å². The van der Waals surface area contributed by atoms with E-state index in [2.05, 4.69) is 15.4 Å². The Morgan fingerprint density at radius 3 is 2.53 bits per heavy atom. The van der Waals surface area contributed by atoms with Gasteiger partial charge >= 0.3 is 18.0 Å². The number of urea groups is 1. The van der Waals surface area contributed by atoms with Crippen LogP contribution in [0.25, 0.3) is 0 Å². The van der Waals surface area contributed by atoms with Crippen molar-refractivity contribution in [3.63, 3.8) is 0 Å². The van der Waals surface area contributed by atoms with Gasteiger partial charge in [-0.3, -0.25) is 4.79 Å². The topological polar surface area (TPSA) is 114 Å². The second kappa shape index (κ2) is 7.57. The van der Waals surface area contributed by atoms with E-state index in [1.807, 2.05) is 0 Å². The Morgan fingerprint density at radius 1 is 1.37 bits per heavy atom. The third-order valence-electron chi connectivity index (χ3n) is 2.76. The van der Waals surface area contributed by atoms with E-state index in [1.165, 1.54) is 0 Å². The summed E-state index contributed by atoms with van der Waals surface area (Å²) in [5.41, 5.74) is 0. The van der Waals surface area contributed by atoms with Crippen molar-refractivity contribution < 1.29 is 29.0 Å². The standard InChI is InChI=1S/C11H18N2O6/c1-18-9(14)6-8(10(15)16)13-11(17)12-7-2-4-19-5-3-7/h7-8H,2-6H2,1H3,(H,15,16)(H2,12,13,17)/t8-/m0/s1. The number of amides is 2. The number of carbonyl (C=O) groups excluding carboxylic acids is 2. The molecule has 1 heterocycles. The fraction of sp³-hybridized carbons (Fsp3) is 0.727. The number of aliphatic carboxylic acids is 1. The second-order valence-electron chi connectivity index (χ2n) is 4.18. The molecule has 0 saturated carbocycles. The smallest absolute Gasteiger partial charge is 0.326 e. The van der Waals surface area contributed by atoms with Crippen LogP contribution in [0.3, 0.4) is 0 Å². The van der Waals surface area contributed by atoms with Gasteiger partial charge in [0.15, 0.2) is 0 Å². The van der Waals surface area contributed by atoms with Crippen LogP contribution in [0.2, 0.25) is 0 Å². The second-order valence-corrected chi connectivity index (χ2v) is 4.18. The third-order valence-corrected chi connectivity index (χ3v) is 2.76. The van der Waals surface area contributed by atoms with E-state index >= 15 is 0 Å². The maximum atomic E-state index is 11.6. The van der Waals surface area contributed by atoms with Crippen molar-refractivity contribution in [2.24, 2.45) is 0 Å². The molecule has 8 nitrogen and oxygen atoms in total. The first-order valence-corrected chi connectivity index (χ1v) is 5.97. The van der Waals surface area contributed by atoms with Crippen molar-refractivity contribution in [2.75, 3.05) is 20.3 Å². The van der Waals surface area contributed by atoms with Crippen molar-refractivity contribution in [1.82, 2.24) is 10.6 Å². The Labute approximate surface area is 110 Å². The van der Waals surface area contributed by atoms with Crippen molar-refractivity contribution >= 4 is 18.0 Å². The van der Waals surface area contributed by atoms with Crippen LogP contribution < -0.4 is 10.6 Å². The molecule has 3 N–H and O–H groups in total. The maximum absolute atomic E-state index is 11.6. The predicted molar refractivity (Wildman–Crippen MR) is 63.6 cm³/mol. The van der Waals surface area contributed by atoms with E-state index in [-0.39, 0.29) is 6.04 Å². The van der Waals surface area contributed by atoms with E-state index in [4.69, 9.17) is 9.84 Å². The molecule has 0 aromatic rings. The molecule has 108 valence electrons. The molecule has 0 aliphatic carbocycles. The summed E-state index contributed by atoms with van der Waals surface area (Å²) in [5.74, 6) is -1.98. The van der Waals surface area contributed by atoms with Gasteiger partial charge < -0.3 is 25.2 Å². The Hall–Kier alpha value is -1.83. The molecule has 1 fully saturated rings. The van der Waals surface area contributed by atoms with Crippen LogP contribution in [0, 0.1) is 0 Å². The molecule has 1 saturated heterocycles. The lowest BCUT2D eigenvalue weighted by Crippen LogP contribution is -2.50. The number of esters is 1. The zero-order chi connectivity index (χ0) is 14.3. The van der Waals surface area contributed by atoms with Gasteiger partial charge in [-0.2, -0.15) is 0 Å². The van der Waals surface area contributed by atoms with Gasteiger partial charge in [-0.05, 0) is 12.8 Å². The average molecular weight is 274 g/mol. The highest BCUT2D eigenvalue weighted by Crippen LogP contribution is 2.06. The molecule has 2 amide bonds. The molecule has 0 aromatic carbocycles. The summed E-state index contributed by atoms with van der Waals surface area (Å²) in [4.78, 5) is 33.6. The quantitative estimate of drug-likeness (QED) is 0.581. The number of nitrogens with one attached hydrogen (secondary N) is 2. The summed E-state index contributed by atoms with van der Waals surface area (Å²) in [6.07, 6.45) is 0.956. The first kappa shape index (κ1) is 15.2. The lowest BCUT2D eigenvalue weighted by Gasteiger charge is -2.24. The molecule has 1 aliphatic rings. The number of hydrogen-bond donors (Lipinski definition) is 3. The lowest BCUT2D eigenvalue weighted by molar-refractivity contribution is -0.147. The molecule has 0 bridgehead atoms. The monoisotopic (exact) mass is 274 g/mol. The zero-order valence-corrected chi connectivity index (χ0v) is 10.7. The van der Waals surface area contributed by atoms with Crippen molar-refractivity contribution in [2.45, 2.75) is 31.3 Å². The molecule has 0 spiro atoms. The predicted octanol–water partition coefficient (Wildman–Crippen LogP) is -0.519. The fourth-order valence-electron chi connectivity index (χ4n) is 1.68. The molecule has 1 rings (SSSR count). The molecule has 0 radical (unpaired) electrons. The van der Waals surface area contributed by atoms with Crippen LogP contribution in [0.4, 0.5) is 4.79 Å². The summed E-state index contributed by atoms with van der Waals surface area (Å²) in [5, 5.41) is 13.8. The minimum absolute atomic E-state index is 0.0404. The summed E-state index contributed by atoms with van der Waals surface area (Å²) in [6, 6.07) is -1.95. The minimum Gasteiger partial charge on any atom is -0.480 e. The van der Waals surface area contributed by atoms with Gasteiger partial charge in [0.1, 0.15) is 6.04 Å². The fourth-order valence-corrected chi connectivity index (χ4v) is 1.68. The van der Waals surface area contributed by atoms with E-state index in [0.29, 0.717) is 26.1 Å². The summed E-state index contributed by atoms with van der Waals surface area (Å²) >= 11 is 0. The Balaban J connectivity index is 2.41. The highest BCUT2D eigenvalue weighted by atomic mass is 16.5. The normalized spacial score (nSPS) is 17.3. The van der Waals surface area contributed by atoms with Gasteiger partial charge in [-0.1, -0.05) is 0 Å². The lowest BCUT2D eigenvalue weighted by atomic mass is 10.1. The van der Waals surface area contributed by atoms with Crippen LogP contribution >= 0.6 is 0 Å². The molecule has 19 heavy (non-hydrogen) atoms. The van der Waals surface area contributed by atoms with Crippen LogP contribution in [-0.4, -0.2) is 55.5 Å². The van der Waals surface area contributed by atoms with Crippen LogP contribution in [0.15, 0.2) is 0 Å². The number of hydrogen-bond acceptors (Lipinski definition) is 5. The Morgan fingerprint density at radius 2 is 2.00 bits per heavy atom. The van der Waals surface area contributed by atoms with Gasteiger partial charge in [0.2, 0.25) is 0 Å². The van der Waals surface area contributed by atoms with Crippen molar-refractivity contribution in [1.29, 1.82) is 0 Å². The number of ether oxygens (including phenoxy) is 2. The maximum Gasteiger partial charge on any atom is 0.326 e. The summed E-state index contributed by atoms with van der Waals surface area (Å²) < 4.78 is 9.51. The minimum atomic E-state index is -1.30. The molecule has 1 atom stereocenters. The van der Waals surface area contributed by atoms with E-state index in [9.17, 15) is 14.4 Å². The van der Waals surface area contributed by atoms with Crippen molar-refractivity contribution in [3.05, 3.63) is 0 Å². The third kappa shape index (κ3) is 5.56. The van der Waals surface area contributed by atoms with E-state index in [1.54, 1.807) is 0 Å². The molecule has 0 aromatic heterocycles. The average Bonchev–Trinajstić information content (AvgIpc) is 2.38. The van der Waals surface area contributed by atoms with Crippen molar-refractivity contribution in [3.8, 4) is 0 Å².